The zero-order valence-electron chi connectivity index (χ0n) is 12.4. The molecule has 1 aliphatic rings. The molecule has 3 heteroatoms. The van der Waals surface area contributed by atoms with Crippen LogP contribution < -0.4 is 10.1 Å². The molecule has 0 aromatic heterocycles. The summed E-state index contributed by atoms with van der Waals surface area (Å²) in [5.74, 6) is 1.14. The van der Waals surface area contributed by atoms with Gasteiger partial charge in [-0.2, -0.15) is 0 Å². The third-order valence-corrected chi connectivity index (χ3v) is 4.08. The summed E-state index contributed by atoms with van der Waals surface area (Å²) in [6.07, 6.45) is 0.984. The first-order valence-electron chi connectivity index (χ1n) is 6.73. The number of benzene rings is 1. The molecule has 0 heterocycles. The maximum atomic E-state index is 12.2. The van der Waals surface area contributed by atoms with E-state index in [2.05, 4.69) is 19.2 Å². The van der Waals surface area contributed by atoms with E-state index in [1.807, 2.05) is 38.1 Å². The van der Waals surface area contributed by atoms with Crippen molar-refractivity contribution >= 4 is 5.91 Å². The van der Waals surface area contributed by atoms with E-state index in [1.165, 1.54) is 0 Å². The Morgan fingerprint density at radius 3 is 2.26 bits per heavy atom. The first kappa shape index (κ1) is 13.9. The molecule has 1 aromatic carbocycles. The SMILES string of the molecule is COc1ccc(C(C)(C)NC(=O)C2CC2(C)C)cc1. The summed E-state index contributed by atoms with van der Waals surface area (Å²) >= 11 is 0. The van der Waals surface area contributed by atoms with Crippen LogP contribution in [0.3, 0.4) is 0 Å². The number of carbonyl (C=O) groups excluding carboxylic acids is 1. The van der Waals surface area contributed by atoms with Gasteiger partial charge in [0.2, 0.25) is 5.91 Å². The Labute approximate surface area is 115 Å². The second-order valence-electron chi connectivity index (χ2n) is 6.59. The molecule has 104 valence electrons. The summed E-state index contributed by atoms with van der Waals surface area (Å²) in [4.78, 5) is 12.2. The minimum absolute atomic E-state index is 0.157. The van der Waals surface area contributed by atoms with Gasteiger partial charge in [0, 0.05) is 5.92 Å². The second kappa shape index (κ2) is 4.55. The third-order valence-electron chi connectivity index (χ3n) is 4.08. The highest BCUT2D eigenvalue weighted by atomic mass is 16.5. The van der Waals surface area contributed by atoms with E-state index in [-0.39, 0.29) is 22.8 Å². The zero-order valence-corrected chi connectivity index (χ0v) is 12.4. The Kier molecular flexibility index (Phi) is 3.33. The van der Waals surface area contributed by atoms with Crippen LogP contribution in [0.15, 0.2) is 24.3 Å². The van der Waals surface area contributed by atoms with Crippen molar-refractivity contribution < 1.29 is 9.53 Å². The van der Waals surface area contributed by atoms with E-state index < -0.39 is 0 Å². The Morgan fingerprint density at radius 2 is 1.84 bits per heavy atom. The molecule has 1 amide bonds. The number of methoxy groups -OCH3 is 1. The minimum atomic E-state index is -0.359. The normalized spacial score (nSPS) is 20.8. The highest BCUT2D eigenvalue weighted by Crippen LogP contribution is 2.51. The van der Waals surface area contributed by atoms with Gasteiger partial charge in [-0.3, -0.25) is 4.79 Å². The first-order chi connectivity index (χ1) is 8.76. The molecule has 2 rings (SSSR count). The molecular formula is C16H23NO2. The van der Waals surface area contributed by atoms with Crippen LogP contribution in [0.1, 0.15) is 39.7 Å². The lowest BCUT2D eigenvalue weighted by Gasteiger charge is -2.27. The fraction of sp³-hybridized carbons (Fsp3) is 0.562. The summed E-state index contributed by atoms with van der Waals surface area (Å²) in [6.45, 7) is 8.33. The average molecular weight is 261 g/mol. The molecule has 0 saturated heterocycles. The summed E-state index contributed by atoms with van der Waals surface area (Å²) in [6, 6.07) is 7.84. The summed E-state index contributed by atoms with van der Waals surface area (Å²) in [5.41, 5.74) is 0.891. The van der Waals surface area contributed by atoms with Gasteiger partial charge in [0.1, 0.15) is 5.75 Å². The summed E-state index contributed by atoms with van der Waals surface area (Å²) in [7, 11) is 1.65. The summed E-state index contributed by atoms with van der Waals surface area (Å²) in [5, 5.41) is 3.15. The summed E-state index contributed by atoms with van der Waals surface area (Å²) < 4.78 is 5.15. The van der Waals surface area contributed by atoms with Gasteiger partial charge in [-0.05, 0) is 43.4 Å². The molecule has 1 saturated carbocycles. The standard InChI is InChI=1S/C16H23NO2/c1-15(2)10-13(15)14(18)17-16(3,4)11-6-8-12(19-5)9-7-11/h6-9,13H,10H2,1-5H3,(H,17,18). The van der Waals surface area contributed by atoms with Crippen molar-refractivity contribution in [1.29, 1.82) is 0 Å². The lowest BCUT2D eigenvalue weighted by atomic mass is 9.93. The van der Waals surface area contributed by atoms with Crippen molar-refractivity contribution in [3.05, 3.63) is 29.8 Å². The quantitative estimate of drug-likeness (QED) is 0.904. The monoisotopic (exact) mass is 261 g/mol. The lowest BCUT2D eigenvalue weighted by molar-refractivity contribution is -0.124. The van der Waals surface area contributed by atoms with E-state index in [4.69, 9.17) is 4.74 Å². The first-order valence-corrected chi connectivity index (χ1v) is 6.73. The van der Waals surface area contributed by atoms with Gasteiger partial charge >= 0.3 is 0 Å². The fourth-order valence-electron chi connectivity index (χ4n) is 2.39. The van der Waals surface area contributed by atoms with Crippen LogP contribution in [0.25, 0.3) is 0 Å². The number of hydrogen-bond acceptors (Lipinski definition) is 2. The predicted molar refractivity (Wildman–Crippen MR) is 76.1 cm³/mol. The number of nitrogens with one attached hydrogen (secondary N) is 1. The molecule has 0 spiro atoms. The molecule has 1 aromatic rings. The van der Waals surface area contributed by atoms with Crippen molar-refractivity contribution in [2.75, 3.05) is 7.11 Å². The zero-order chi connectivity index (χ0) is 14.3. The number of carbonyl (C=O) groups is 1. The molecule has 1 fully saturated rings. The molecular weight excluding hydrogens is 238 g/mol. The van der Waals surface area contributed by atoms with E-state index in [0.29, 0.717) is 0 Å². The fourth-order valence-corrected chi connectivity index (χ4v) is 2.39. The minimum Gasteiger partial charge on any atom is -0.497 e. The maximum Gasteiger partial charge on any atom is 0.224 e. The highest BCUT2D eigenvalue weighted by molar-refractivity contribution is 5.83. The Bertz CT molecular complexity index is 474. The average Bonchev–Trinajstić information content (AvgIpc) is 2.98. The van der Waals surface area contributed by atoms with Crippen LogP contribution >= 0.6 is 0 Å². The largest absolute Gasteiger partial charge is 0.497 e. The molecule has 1 N–H and O–H groups in total. The van der Waals surface area contributed by atoms with Gasteiger partial charge in [-0.25, -0.2) is 0 Å². The van der Waals surface area contributed by atoms with Gasteiger partial charge in [0.15, 0.2) is 0 Å². The van der Waals surface area contributed by atoms with Crippen LogP contribution in [-0.4, -0.2) is 13.0 Å². The van der Waals surface area contributed by atoms with Gasteiger partial charge in [-0.15, -0.1) is 0 Å². The van der Waals surface area contributed by atoms with Crippen LogP contribution in [0.2, 0.25) is 0 Å². The molecule has 19 heavy (non-hydrogen) atoms. The van der Waals surface area contributed by atoms with Gasteiger partial charge < -0.3 is 10.1 Å². The van der Waals surface area contributed by atoms with E-state index in [9.17, 15) is 4.79 Å². The van der Waals surface area contributed by atoms with Gasteiger partial charge in [0.25, 0.3) is 0 Å². The van der Waals surface area contributed by atoms with Crippen molar-refractivity contribution in [3.8, 4) is 5.75 Å². The van der Waals surface area contributed by atoms with E-state index in [1.54, 1.807) is 7.11 Å². The molecule has 0 bridgehead atoms. The number of amides is 1. The maximum absolute atomic E-state index is 12.2. The predicted octanol–water partition coefficient (Wildman–Crippen LogP) is 3.09. The highest BCUT2D eigenvalue weighted by Gasteiger charge is 2.51. The third kappa shape index (κ3) is 2.91. The lowest BCUT2D eigenvalue weighted by Crippen LogP contribution is -2.42. The molecule has 1 aliphatic carbocycles. The molecule has 0 radical (unpaired) electrons. The Morgan fingerprint density at radius 1 is 1.32 bits per heavy atom. The van der Waals surface area contributed by atoms with Crippen LogP contribution in [0, 0.1) is 11.3 Å². The molecule has 0 aliphatic heterocycles. The number of ether oxygens (including phenoxy) is 1. The molecule has 1 atom stereocenters. The second-order valence-corrected chi connectivity index (χ2v) is 6.59. The molecule has 1 unspecified atom stereocenters. The van der Waals surface area contributed by atoms with Gasteiger partial charge in [-0.1, -0.05) is 26.0 Å². The smallest absolute Gasteiger partial charge is 0.224 e. The van der Waals surface area contributed by atoms with Crippen LogP contribution in [-0.2, 0) is 10.3 Å². The van der Waals surface area contributed by atoms with Crippen LogP contribution in [0.5, 0.6) is 5.75 Å². The van der Waals surface area contributed by atoms with Crippen molar-refractivity contribution in [2.45, 2.75) is 39.7 Å². The topological polar surface area (TPSA) is 38.3 Å². The van der Waals surface area contributed by atoms with Crippen LogP contribution in [0.4, 0.5) is 0 Å². The van der Waals surface area contributed by atoms with E-state index >= 15 is 0 Å². The van der Waals surface area contributed by atoms with Crippen molar-refractivity contribution in [2.24, 2.45) is 11.3 Å². The van der Waals surface area contributed by atoms with Crippen molar-refractivity contribution in [3.63, 3.8) is 0 Å². The Balaban J connectivity index is 2.07. The Hall–Kier alpha value is -1.51. The van der Waals surface area contributed by atoms with E-state index in [0.717, 1.165) is 17.7 Å². The van der Waals surface area contributed by atoms with Gasteiger partial charge in [0.05, 0.1) is 12.6 Å². The molecule has 3 nitrogen and oxygen atoms in total. The van der Waals surface area contributed by atoms with Crippen molar-refractivity contribution in [1.82, 2.24) is 5.32 Å². The number of hydrogen-bond donors (Lipinski definition) is 1. The number of rotatable bonds is 4.